The highest BCUT2D eigenvalue weighted by atomic mass is 19.4. The summed E-state index contributed by atoms with van der Waals surface area (Å²) in [7, 11) is -0.392. The Morgan fingerprint density at radius 2 is 1.45 bits per heavy atom. The van der Waals surface area contributed by atoms with Crippen LogP contribution in [0.4, 0.5) is 24.5 Å². The van der Waals surface area contributed by atoms with E-state index in [-0.39, 0.29) is 17.0 Å². The summed E-state index contributed by atoms with van der Waals surface area (Å²) in [5.74, 6) is 0.216. The molecule has 4 heterocycles. The maximum atomic E-state index is 12.6. The molecule has 9 nitrogen and oxygen atoms in total. The minimum absolute atomic E-state index is 0.216. The Morgan fingerprint density at radius 1 is 0.895 bits per heavy atom. The van der Waals surface area contributed by atoms with Gasteiger partial charge in [0.15, 0.2) is 0 Å². The molecule has 5 rings (SSSR count). The van der Waals surface area contributed by atoms with Crippen molar-refractivity contribution >= 4 is 24.0 Å². The molecular formula is C25H30BF3N6O3. The highest BCUT2D eigenvalue weighted by Gasteiger charge is 2.51. The molecule has 0 spiro atoms. The molecule has 202 valence electrons. The molecule has 0 aliphatic carbocycles. The van der Waals surface area contributed by atoms with E-state index in [1.54, 1.807) is 12.3 Å². The van der Waals surface area contributed by atoms with Gasteiger partial charge in [-0.2, -0.15) is 18.3 Å². The van der Waals surface area contributed by atoms with Gasteiger partial charge in [0.1, 0.15) is 18.7 Å². The van der Waals surface area contributed by atoms with Crippen LogP contribution in [-0.2, 0) is 15.9 Å². The minimum Gasteiger partial charge on any atom is -0.399 e. The molecule has 0 atom stereocenters. The van der Waals surface area contributed by atoms with E-state index in [4.69, 9.17) is 9.31 Å². The minimum atomic E-state index is -4.53. The van der Waals surface area contributed by atoms with Gasteiger partial charge >= 0.3 is 19.0 Å². The van der Waals surface area contributed by atoms with Gasteiger partial charge in [0, 0.05) is 31.9 Å². The van der Waals surface area contributed by atoms with Crippen LogP contribution in [0.1, 0.15) is 27.7 Å². The van der Waals surface area contributed by atoms with Crippen molar-refractivity contribution in [2.75, 3.05) is 36.0 Å². The van der Waals surface area contributed by atoms with Gasteiger partial charge in [-0.15, -0.1) is 0 Å². The number of benzene rings is 1. The Balaban J connectivity index is 1.19. The molecule has 0 amide bonds. The molecule has 2 aliphatic heterocycles. The number of hydrogen-bond acceptors (Lipinski definition) is 7. The van der Waals surface area contributed by atoms with Crippen molar-refractivity contribution in [2.45, 2.75) is 51.6 Å². The molecule has 0 bridgehead atoms. The summed E-state index contributed by atoms with van der Waals surface area (Å²) in [6.07, 6.45) is -1.86. The smallest absolute Gasteiger partial charge is 0.399 e. The van der Waals surface area contributed by atoms with Gasteiger partial charge < -0.3 is 19.1 Å². The third kappa shape index (κ3) is 5.17. The van der Waals surface area contributed by atoms with Crippen LogP contribution in [0.25, 0.3) is 5.82 Å². The molecule has 0 N–H and O–H groups in total. The Kier molecular flexibility index (Phi) is 6.55. The molecule has 0 radical (unpaired) electrons. The first-order valence-electron chi connectivity index (χ1n) is 12.5. The van der Waals surface area contributed by atoms with Crippen LogP contribution in [0, 0.1) is 0 Å². The quantitative estimate of drug-likeness (QED) is 0.470. The van der Waals surface area contributed by atoms with E-state index in [2.05, 4.69) is 32.0 Å². The van der Waals surface area contributed by atoms with Crippen LogP contribution in [0.3, 0.4) is 0 Å². The van der Waals surface area contributed by atoms with E-state index >= 15 is 0 Å². The third-order valence-corrected chi connectivity index (χ3v) is 7.47. The van der Waals surface area contributed by atoms with Crippen molar-refractivity contribution in [2.24, 2.45) is 0 Å². The number of aromatic nitrogens is 4. The number of nitrogens with zero attached hydrogens (tertiary/aromatic N) is 6. The number of anilines is 2. The Bertz CT molecular complexity index is 1310. The fraction of sp³-hybridized carbons (Fsp3) is 0.480. The number of piperazine rings is 1. The first-order valence-corrected chi connectivity index (χ1v) is 12.5. The van der Waals surface area contributed by atoms with Gasteiger partial charge in [0.25, 0.3) is 0 Å². The standard InChI is InChI=1S/C25H30BF3N6O3/c1-23(2)24(3,4)38-26(37-23)18-5-7-19(8-6-18)32-11-13-33(14-12-32)20-9-10-21(30-15-20)34-17-31-35(22(34)36)16-25(27,28)29/h5-10,15,17H,11-14,16H2,1-4H3. The van der Waals surface area contributed by atoms with Crippen LogP contribution in [-0.4, -0.2) is 70.0 Å². The van der Waals surface area contributed by atoms with Gasteiger partial charge in [-0.3, -0.25) is 0 Å². The van der Waals surface area contributed by atoms with Crippen LogP contribution < -0.4 is 21.0 Å². The summed E-state index contributed by atoms with van der Waals surface area (Å²) in [6.45, 7) is 9.86. The predicted octanol–water partition coefficient (Wildman–Crippen LogP) is 2.62. The largest absolute Gasteiger partial charge is 0.494 e. The molecule has 2 fully saturated rings. The van der Waals surface area contributed by atoms with Gasteiger partial charge in [-0.1, -0.05) is 12.1 Å². The maximum absolute atomic E-state index is 12.6. The number of alkyl halides is 3. The molecule has 0 unspecified atom stereocenters. The molecular weight excluding hydrogens is 500 g/mol. The summed E-state index contributed by atoms with van der Waals surface area (Å²) in [5, 5.41) is 3.54. The van der Waals surface area contributed by atoms with Crippen LogP contribution in [0.15, 0.2) is 53.7 Å². The van der Waals surface area contributed by atoms with Gasteiger partial charge in [0.05, 0.1) is 23.1 Å². The first-order chi connectivity index (χ1) is 17.8. The summed E-state index contributed by atoms with van der Waals surface area (Å²) < 4.78 is 51.5. The molecule has 2 aromatic heterocycles. The Labute approximate surface area is 218 Å². The van der Waals surface area contributed by atoms with Crippen molar-refractivity contribution < 1.29 is 22.5 Å². The number of halogens is 3. The zero-order chi connectivity index (χ0) is 27.3. The summed E-state index contributed by atoms with van der Waals surface area (Å²) in [4.78, 5) is 21.0. The fourth-order valence-electron chi connectivity index (χ4n) is 4.52. The van der Waals surface area contributed by atoms with Crippen molar-refractivity contribution in [1.29, 1.82) is 0 Å². The van der Waals surface area contributed by atoms with Crippen molar-refractivity contribution in [3.8, 4) is 5.82 Å². The molecule has 0 saturated carbocycles. The van der Waals surface area contributed by atoms with Gasteiger partial charge in [-0.25, -0.2) is 19.0 Å². The molecule has 2 aliphatic rings. The molecule has 1 aromatic carbocycles. The van der Waals surface area contributed by atoms with Crippen LogP contribution >= 0.6 is 0 Å². The Hall–Kier alpha value is -3.32. The summed E-state index contributed by atoms with van der Waals surface area (Å²) in [5.41, 5.74) is 1.32. The zero-order valence-electron chi connectivity index (χ0n) is 21.8. The third-order valence-electron chi connectivity index (χ3n) is 7.47. The van der Waals surface area contributed by atoms with Crippen molar-refractivity contribution in [1.82, 2.24) is 19.3 Å². The van der Waals surface area contributed by atoms with E-state index < -0.39 is 25.5 Å². The average molecular weight is 530 g/mol. The van der Waals surface area contributed by atoms with E-state index in [0.717, 1.165) is 53.9 Å². The lowest BCUT2D eigenvalue weighted by molar-refractivity contribution is -0.143. The van der Waals surface area contributed by atoms with E-state index in [1.165, 1.54) is 0 Å². The highest BCUT2D eigenvalue weighted by Crippen LogP contribution is 2.36. The highest BCUT2D eigenvalue weighted by molar-refractivity contribution is 6.62. The fourth-order valence-corrected chi connectivity index (χ4v) is 4.52. The topological polar surface area (TPSA) is 77.7 Å². The first kappa shape index (κ1) is 26.3. The monoisotopic (exact) mass is 530 g/mol. The second kappa shape index (κ2) is 9.46. The van der Waals surface area contributed by atoms with E-state index in [0.29, 0.717) is 4.68 Å². The molecule has 38 heavy (non-hydrogen) atoms. The molecule has 3 aromatic rings. The van der Waals surface area contributed by atoms with E-state index in [1.807, 2.05) is 45.9 Å². The predicted molar refractivity (Wildman–Crippen MR) is 138 cm³/mol. The average Bonchev–Trinajstić information content (AvgIpc) is 3.32. The number of hydrogen-bond donors (Lipinski definition) is 0. The van der Waals surface area contributed by atoms with Gasteiger partial charge in [0.2, 0.25) is 0 Å². The lowest BCUT2D eigenvalue weighted by atomic mass is 9.79. The SMILES string of the molecule is CC1(C)OB(c2ccc(N3CCN(c4ccc(-n5cnn(CC(F)(F)F)c5=O)nc4)CC3)cc2)OC1(C)C. The second-order valence-corrected chi connectivity index (χ2v) is 10.6. The molecule has 13 heteroatoms. The van der Waals surface area contributed by atoms with Gasteiger partial charge in [-0.05, 0) is 57.4 Å². The van der Waals surface area contributed by atoms with Crippen LogP contribution in [0.5, 0.6) is 0 Å². The van der Waals surface area contributed by atoms with E-state index in [9.17, 15) is 18.0 Å². The lowest BCUT2D eigenvalue weighted by Crippen LogP contribution is -2.46. The number of rotatable bonds is 5. The summed E-state index contributed by atoms with van der Waals surface area (Å²) in [6, 6.07) is 11.7. The molecule has 2 saturated heterocycles. The normalized spacial score (nSPS) is 19.3. The lowest BCUT2D eigenvalue weighted by Gasteiger charge is -2.37. The Morgan fingerprint density at radius 3 is 1.97 bits per heavy atom. The maximum Gasteiger partial charge on any atom is 0.494 e. The summed E-state index contributed by atoms with van der Waals surface area (Å²) >= 11 is 0. The number of pyridine rings is 1. The van der Waals surface area contributed by atoms with Crippen LogP contribution in [0.2, 0.25) is 0 Å². The second-order valence-electron chi connectivity index (χ2n) is 10.6. The van der Waals surface area contributed by atoms with Crippen molar-refractivity contribution in [3.05, 3.63) is 59.4 Å². The van der Waals surface area contributed by atoms with Crippen molar-refractivity contribution in [3.63, 3.8) is 0 Å². The zero-order valence-corrected chi connectivity index (χ0v) is 21.8.